The van der Waals surface area contributed by atoms with E-state index in [0.29, 0.717) is 5.15 Å². The molecule has 0 spiro atoms. The molecule has 0 fully saturated rings. The van der Waals surface area contributed by atoms with E-state index in [1.165, 1.54) is 0 Å². The van der Waals surface area contributed by atoms with E-state index in [9.17, 15) is 0 Å². The number of nitrogens with two attached hydrogens (primary N) is 1. The maximum Gasteiger partial charge on any atom is 0.138 e. The standard InChI is InChI=1S/C16H16ClN3/c1-10(18)12-6-8-13(9-7-12)16-11(2)20-14(17)4-3-5-15(20)19-16/h3-10H,18H2,1-2H3. The summed E-state index contributed by atoms with van der Waals surface area (Å²) in [5.41, 5.74) is 10.9. The summed E-state index contributed by atoms with van der Waals surface area (Å²) in [6.07, 6.45) is 0. The first-order valence-electron chi connectivity index (χ1n) is 6.57. The lowest BCUT2D eigenvalue weighted by Gasteiger charge is -2.06. The quantitative estimate of drug-likeness (QED) is 0.724. The van der Waals surface area contributed by atoms with Gasteiger partial charge in [0.25, 0.3) is 0 Å². The predicted octanol–water partition coefficient (Wildman–Crippen LogP) is 3.98. The summed E-state index contributed by atoms with van der Waals surface area (Å²) in [6.45, 7) is 4.01. The van der Waals surface area contributed by atoms with Crippen molar-refractivity contribution in [3.63, 3.8) is 0 Å². The van der Waals surface area contributed by atoms with Crippen LogP contribution in [-0.4, -0.2) is 9.38 Å². The van der Waals surface area contributed by atoms with Crippen LogP contribution < -0.4 is 5.73 Å². The van der Waals surface area contributed by atoms with Crippen LogP contribution in [0.5, 0.6) is 0 Å². The van der Waals surface area contributed by atoms with Crippen molar-refractivity contribution in [2.24, 2.45) is 5.73 Å². The van der Waals surface area contributed by atoms with Crippen molar-refractivity contribution in [1.29, 1.82) is 0 Å². The lowest BCUT2D eigenvalue weighted by Crippen LogP contribution is -2.04. The number of fused-ring (bicyclic) bond motifs is 1. The Balaban J connectivity index is 2.15. The van der Waals surface area contributed by atoms with Gasteiger partial charge in [-0.05, 0) is 31.5 Å². The Hall–Kier alpha value is -1.84. The first-order valence-corrected chi connectivity index (χ1v) is 6.95. The van der Waals surface area contributed by atoms with E-state index in [0.717, 1.165) is 28.2 Å². The predicted molar refractivity (Wildman–Crippen MR) is 83.0 cm³/mol. The van der Waals surface area contributed by atoms with Gasteiger partial charge in [0, 0.05) is 17.3 Å². The summed E-state index contributed by atoms with van der Waals surface area (Å²) in [4.78, 5) is 4.67. The maximum absolute atomic E-state index is 6.24. The number of aryl methyl sites for hydroxylation is 1. The number of imidazole rings is 1. The van der Waals surface area contributed by atoms with Crippen molar-refractivity contribution < 1.29 is 0 Å². The summed E-state index contributed by atoms with van der Waals surface area (Å²) in [6, 6.07) is 14.0. The van der Waals surface area contributed by atoms with Gasteiger partial charge < -0.3 is 5.73 Å². The Morgan fingerprint density at radius 2 is 1.85 bits per heavy atom. The van der Waals surface area contributed by atoms with E-state index >= 15 is 0 Å². The van der Waals surface area contributed by atoms with Gasteiger partial charge in [0.15, 0.2) is 0 Å². The van der Waals surface area contributed by atoms with E-state index in [1.54, 1.807) is 0 Å². The lowest BCUT2D eigenvalue weighted by molar-refractivity contribution is 0.818. The van der Waals surface area contributed by atoms with Gasteiger partial charge in [-0.25, -0.2) is 4.98 Å². The molecule has 2 aromatic heterocycles. The van der Waals surface area contributed by atoms with Gasteiger partial charge >= 0.3 is 0 Å². The summed E-state index contributed by atoms with van der Waals surface area (Å²) < 4.78 is 1.95. The molecule has 0 saturated carbocycles. The molecule has 0 aliphatic carbocycles. The molecule has 0 saturated heterocycles. The molecule has 3 rings (SSSR count). The minimum Gasteiger partial charge on any atom is -0.324 e. The highest BCUT2D eigenvalue weighted by atomic mass is 35.5. The molecule has 2 heterocycles. The first kappa shape index (κ1) is 13.2. The van der Waals surface area contributed by atoms with Crippen LogP contribution in [0.3, 0.4) is 0 Å². The smallest absolute Gasteiger partial charge is 0.138 e. The van der Waals surface area contributed by atoms with Crippen LogP contribution in [0.1, 0.15) is 24.2 Å². The fraction of sp³-hybridized carbons (Fsp3) is 0.188. The minimum absolute atomic E-state index is 0.0423. The number of hydrogen-bond donors (Lipinski definition) is 1. The molecular formula is C16H16ClN3. The second-order valence-corrected chi connectivity index (χ2v) is 5.39. The molecule has 0 aliphatic rings. The molecule has 3 nitrogen and oxygen atoms in total. The highest BCUT2D eigenvalue weighted by Crippen LogP contribution is 2.27. The van der Waals surface area contributed by atoms with Crippen LogP contribution in [0.2, 0.25) is 5.15 Å². The third kappa shape index (κ3) is 2.09. The Kier molecular flexibility index (Phi) is 3.24. The average molecular weight is 286 g/mol. The third-order valence-electron chi connectivity index (χ3n) is 3.54. The normalized spacial score (nSPS) is 12.8. The second-order valence-electron chi connectivity index (χ2n) is 5.00. The Morgan fingerprint density at radius 3 is 2.45 bits per heavy atom. The molecule has 0 aliphatic heterocycles. The van der Waals surface area contributed by atoms with Crippen LogP contribution >= 0.6 is 11.6 Å². The minimum atomic E-state index is 0.0423. The number of rotatable bonds is 2. The monoisotopic (exact) mass is 285 g/mol. The molecule has 1 unspecified atom stereocenters. The number of hydrogen-bond acceptors (Lipinski definition) is 2. The number of nitrogens with zero attached hydrogens (tertiary/aromatic N) is 2. The van der Waals surface area contributed by atoms with Crippen molar-refractivity contribution >= 4 is 17.2 Å². The summed E-state index contributed by atoms with van der Waals surface area (Å²) in [5, 5.41) is 0.672. The number of benzene rings is 1. The van der Waals surface area contributed by atoms with Gasteiger partial charge in [-0.15, -0.1) is 0 Å². The topological polar surface area (TPSA) is 43.3 Å². The number of halogens is 1. The van der Waals surface area contributed by atoms with Crippen molar-refractivity contribution in [2.45, 2.75) is 19.9 Å². The molecule has 0 amide bonds. The lowest BCUT2D eigenvalue weighted by atomic mass is 10.0. The van der Waals surface area contributed by atoms with Gasteiger partial charge in [0.1, 0.15) is 10.8 Å². The zero-order chi connectivity index (χ0) is 14.3. The zero-order valence-corrected chi connectivity index (χ0v) is 12.2. The molecule has 20 heavy (non-hydrogen) atoms. The Morgan fingerprint density at radius 1 is 1.15 bits per heavy atom. The van der Waals surface area contributed by atoms with E-state index in [4.69, 9.17) is 17.3 Å². The molecule has 3 aromatic rings. The Labute approximate surface area is 123 Å². The molecule has 0 bridgehead atoms. The zero-order valence-electron chi connectivity index (χ0n) is 11.5. The fourth-order valence-corrected chi connectivity index (χ4v) is 2.70. The second kappa shape index (κ2) is 4.93. The van der Waals surface area contributed by atoms with Crippen molar-refractivity contribution in [1.82, 2.24) is 9.38 Å². The van der Waals surface area contributed by atoms with E-state index < -0.39 is 0 Å². The number of pyridine rings is 1. The van der Waals surface area contributed by atoms with Crippen LogP contribution in [0.25, 0.3) is 16.9 Å². The largest absolute Gasteiger partial charge is 0.324 e. The van der Waals surface area contributed by atoms with Crippen LogP contribution in [0.4, 0.5) is 0 Å². The van der Waals surface area contributed by atoms with E-state index in [2.05, 4.69) is 17.1 Å². The molecular weight excluding hydrogens is 270 g/mol. The van der Waals surface area contributed by atoms with Gasteiger partial charge in [0.2, 0.25) is 0 Å². The highest BCUT2D eigenvalue weighted by Gasteiger charge is 2.12. The van der Waals surface area contributed by atoms with Gasteiger partial charge in [-0.1, -0.05) is 41.9 Å². The van der Waals surface area contributed by atoms with Gasteiger partial charge in [-0.3, -0.25) is 4.40 Å². The van der Waals surface area contributed by atoms with Crippen molar-refractivity contribution in [3.8, 4) is 11.3 Å². The molecule has 1 atom stereocenters. The fourth-order valence-electron chi connectivity index (χ4n) is 2.41. The molecule has 102 valence electrons. The van der Waals surface area contributed by atoms with Gasteiger partial charge in [0.05, 0.1) is 5.69 Å². The summed E-state index contributed by atoms with van der Waals surface area (Å²) >= 11 is 6.24. The average Bonchev–Trinajstić information content (AvgIpc) is 2.77. The number of aromatic nitrogens is 2. The van der Waals surface area contributed by atoms with Gasteiger partial charge in [-0.2, -0.15) is 0 Å². The molecule has 0 radical (unpaired) electrons. The summed E-state index contributed by atoms with van der Waals surface area (Å²) in [5.74, 6) is 0. The maximum atomic E-state index is 6.24. The van der Waals surface area contributed by atoms with E-state index in [1.807, 2.05) is 48.6 Å². The van der Waals surface area contributed by atoms with E-state index in [-0.39, 0.29) is 6.04 Å². The SMILES string of the molecule is Cc1c(-c2ccc(C(C)N)cc2)nc2cccc(Cl)n12. The highest BCUT2D eigenvalue weighted by molar-refractivity contribution is 6.29. The van der Waals surface area contributed by atoms with Crippen molar-refractivity contribution in [2.75, 3.05) is 0 Å². The Bertz CT molecular complexity index is 757. The first-order chi connectivity index (χ1) is 9.58. The third-order valence-corrected chi connectivity index (χ3v) is 3.83. The molecule has 2 N–H and O–H groups in total. The molecule has 4 heteroatoms. The summed E-state index contributed by atoms with van der Waals surface area (Å²) in [7, 11) is 0. The van der Waals surface area contributed by atoms with Crippen LogP contribution in [0, 0.1) is 6.92 Å². The van der Waals surface area contributed by atoms with Crippen LogP contribution in [0.15, 0.2) is 42.5 Å². The molecule has 1 aromatic carbocycles. The van der Waals surface area contributed by atoms with Crippen LogP contribution in [-0.2, 0) is 0 Å². The van der Waals surface area contributed by atoms with Crippen molar-refractivity contribution in [3.05, 3.63) is 58.9 Å².